The molecule has 0 spiro atoms. The number of ether oxygens (including phenoxy) is 6. The van der Waals surface area contributed by atoms with Crippen LogP contribution in [-0.2, 0) is 44.7 Å². The summed E-state index contributed by atoms with van der Waals surface area (Å²) in [4.78, 5) is 56.4. The van der Waals surface area contributed by atoms with Crippen LogP contribution in [0.4, 0.5) is 4.39 Å². The minimum atomic E-state index is -4.77. The molecule has 0 radical (unpaired) electrons. The fourth-order valence-corrected chi connectivity index (χ4v) is 12.4. The molecule has 1 saturated heterocycles. The number of nitrogens with zero attached hydrogens (tertiary/aromatic N) is 6. The van der Waals surface area contributed by atoms with Gasteiger partial charge in [0.2, 0.25) is 18.2 Å². The normalized spacial score (nSPS) is 14.1. The number of rotatable bonds is 24. The van der Waals surface area contributed by atoms with E-state index in [0.717, 1.165) is 16.7 Å². The maximum Gasteiger partial charge on any atom is 0.474 e. The molecule has 1 fully saturated rings. The molecular formula is C62H59BrClFN6O11PS+. The number of piperazine rings is 1. The molecule has 1 aliphatic heterocycles. The zero-order chi connectivity index (χ0) is 58.8. The minimum absolute atomic E-state index is 0.0130. The number of hydrogen-bond donors (Lipinski definition) is 2. The van der Waals surface area contributed by atoms with E-state index in [1.54, 1.807) is 56.8 Å². The Morgan fingerprint density at radius 2 is 1.51 bits per heavy atom. The van der Waals surface area contributed by atoms with Gasteiger partial charge in [-0.15, -0.1) is 11.3 Å². The van der Waals surface area contributed by atoms with Crippen molar-refractivity contribution in [2.75, 3.05) is 60.6 Å². The number of para-hydroxylation sites is 2. The second kappa shape index (κ2) is 27.1. The van der Waals surface area contributed by atoms with Crippen molar-refractivity contribution >= 4 is 62.9 Å². The summed E-state index contributed by atoms with van der Waals surface area (Å²) in [6.45, 7) is 3.28. The van der Waals surface area contributed by atoms with E-state index in [9.17, 15) is 23.5 Å². The number of aromatic nitrogens is 4. The molecule has 9 aromatic rings. The van der Waals surface area contributed by atoms with E-state index in [-0.39, 0.29) is 37.1 Å². The maximum absolute atomic E-state index is 14.6. The molecule has 3 aromatic heterocycles. The number of hydrogen-bond acceptors (Lipinski definition) is 15. The van der Waals surface area contributed by atoms with E-state index < -0.39 is 31.9 Å². The molecule has 6 aromatic carbocycles. The van der Waals surface area contributed by atoms with Crippen LogP contribution < -0.4 is 23.7 Å². The molecule has 2 N–H and O–H groups in total. The number of methoxy groups -OCH3 is 2. The van der Waals surface area contributed by atoms with Crippen LogP contribution in [0.1, 0.15) is 22.4 Å². The number of carbonyl (C=O) groups excluding carboxylic acids is 1. The lowest BCUT2D eigenvalue weighted by molar-refractivity contribution is -0.954. The molecule has 0 bridgehead atoms. The standard InChI is InChI=1S/C62H58BrClFN6O11PS/c1-71(53(82-83(73,74)75)35-40-11-5-4-6-12-40)32-29-70(30-33-71)31-34-78-51-26-25-48(56(63)57(51)64)54-55-60(67-39-68-61(55)84-58(54)42-19-21-44(65)22-20-42)81-52(62(72)80-37-41-17-23-46(76-2)24-18-41)36-43-13-7-9-15-49(43)79-38-45-27-28-66-59(69-45)47-14-8-10-16-50(47)77-3/h4-28,39,52-53H,29-38H2,1-3H3,(H-,73,74,75)/p+1/t52-,53?/m1/s1. The first kappa shape index (κ1) is 59.8. The summed E-state index contributed by atoms with van der Waals surface area (Å²) in [7, 11) is 0.360. The molecule has 0 saturated carbocycles. The molecule has 22 heteroatoms. The predicted molar refractivity (Wildman–Crippen MR) is 322 cm³/mol. The van der Waals surface area contributed by atoms with Crippen molar-refractivity contribution < 1.29 is 61.0 Å². The third-order valence-electron chi connectivity index (χ3n) is 14.5. The smallest absolute Gasteiger partial charge is 0.474 e. The van der Waals surface area contributed by atoms with Gasteiger partial charge in [-0.05, 0) is 104 Å². The highest BCUT2D eigenvalue weighted by Crippen LogP contribution is 2.51. The summed E-state index contributed by atoms with van der Waals surface area (Å²) in [6, 6.07) is 43.1. The van der Waals surface area contributed by atoms with Gasteiger partial charge < -0.3 is 38.2 Å². The van der Waals surface area contributed by atoms with Crippen LogP contribution >= 0.6 is 46.7 Å². The van der Waals surface area contributed by atoms with Gasteiger partial charge in [-0.1, -0.05) is 96.5 Å². The van der Waals surface area contributed by atoms with Gasteiger partial charge in [-0.25, -0.2) is 38.2 Å². The molecule has 0 amide bonds. The Labute approximate surface area is 502 Å². The quantitative estimate of drug-likeness (QED) is 0.0329. The van der Waals surface area contributed by atoms with Crippen molar-refractivity contribution in [1.82, 2.24) is 24.8 Å². The fraction of sp³-hybridized carbons (Fsp3) is 0.242. The van der Waals surface area contributed by atoms with Crippen molar-refractivity contribution in [3.8, 4) is 61.8 Å². The Morgan fingerprint density at radius 1 is 0.786 bits per heavy atom. The van der Waals surface area contributed by atoms with Gasteiger partial charge in [-0.3, -0.25) is 9.38 Å². The monoisotopic (exact) mass is 1260 g/mol. The topological polar surface area (TPSA) is 194 Å². The molecule has 0 aliphatic carbocycles. The van der Waals surface area contributed by atoms with E-state index >= 15 is 0 Å². The van der Waals surface area contributed by atoms with E-state index in [2.05, 4.69) is 30.8 Å². The Hall–Kier alpha value is -7.36. The molecular weight excluding hydrogens is 1200 g/mol. The van der Waals surface area contributed by atoms with Gasteiger partial charge in [0.15, 0.2) is 5.82 Å². The highest BCUT2D eigenvalue weighted by molar-refractivity contribution is 9.10. The number of esters is 1. The van der Waals surface area contributed by atoms with E-state index in [4.69, 9.17) is 54.5 Å². The molecule has 84 heavy (non-hydrogen) atoms. The number of benzene rings is 6. The van der Waals surface area contributed by atoms with Crippen molar-refractivity contribution in [3.05, 3.63) is 196 Å². The molecule has 10 rings (SSSR count). The van der Waals surface area contributed by atoms with Gasteiger partial charge >= 0.3 is 13.8 Å². The van der Waals surface area contributed by atoms with Crippen LogP contribution in [-0.4, -0.2) is 118 Å². The first-order chi connectivity index (χ1) is 40.6. The number of thiophene rings is 1. The Bertz CT molecular complexity index is 3780. The highest BCUT2D eigenvalue weighted by atomic mass is 79.9. The average molecular weight is 1260 g/mol. The zero-order valence-electron chi connectivity index (χ0n) is 46.0. The van der Waals surface area contributed by atoms with Crippen LogP contribution in [0.3, 0.4) is 0 Å². The average Bonchev–Trinajstić information content (AvgIpc) is 2.13. The fourth-order valence-electron chi connectivity index (χ4n) is 9.88. The summed E-state index contributed by atoms with van der Waals surface area (Å²) >= 11 is 12.4. The lowest BCUT2D eigenvalue weighted by atomic mass is 9.99. The first-order valence-corrected chi connectivity index (χ1v) is 30.3. The number of phosphoric acid groups is 1. The van der Waals surface area contributed by atoms with Crippen molar-refractivity contribution in [1.29, 1.82) is 0 Å². The van der Waals surface area contributed by atoms with Gasteiger partial charge in [0.05, 0.1) is 62.4 Å². The van der Waals surface area contributed by atoms with Gasteiger partial charge in [0, 0.05) is 47.2 Å². The Morgan fingerprint density at radius 3 is 2.25 bits per heavy atom. The number of quaternary nitrogens is 1. The summed E-state index contributed by atoms with van der Waals surface area (Å²) < 4.78 is 69.5. The molecule has 1 unspecified atom stereocenters. The van der Waals surface area contributed by atoms with Crippen LogP contribution in [0, 0.1) is 5.82 Å². The predicted octanol–water partition coefficient (Wildman–Crippen LogP) is 12.2. The summed E-state index contributed by atoms with van der Waals surface area (Å²) in [5.74, 6) is 1.63. The Balaban J connectivity index is 0.919. The lowest BCUT2D eigenvalue weighted by Crippen LogP contribution is -2.63. The summed E-state index contributed by atoms with van der Waals surface area (Å²) in [6.07, 6.45) is 1.32. The molecule has 434 valence electrons. The van der Waals surface area contributed by atoms with Gasteiger partial charge in [0.1, 0.15) is 59.8 Å². The summed E-state index contributed by atoms with van der Waals surface area (Å²) in [5.41, 5.74) is 5.51. The van der Waals surface area contributed by atoms with Crippen LogP contribution in [0.5, 0.6) is 28.9 Å². The molecule has 4 heterocycles. The minimum Gasteiger partial charge on any atom is -0.497 e. The SMILES string of the molecule is COc1ccc(COC(=O)[C@@H](Cc2ccccc2OCc2ccnc(-c3ccccc3OC)n2)Oc2ncnc3sc(-c4ccc(F)cc4)c(-c4ccc(OCCN5CC[N+](C)(C(Cc6ccccc6)OP(=O)(O)O)CC5)c(Cl)c4Br)c23)cc1. The third-order valence-corrected chi connectivity index (χ3v) is 17.6. The molecule has 2 atom stereocenters. The number of carbonyl (C=O) groups is 1. The summed E-state index contributed by atoms with van der Waals surface area (Å²) in [5, 5.41) is 0.749. The lowest BCUT2D eigenvalue weighted by Gasteiger charge is -2.46. The van der Waals surface area contributed by atoms with Crippen molar-refractivity contribution in [2.24, 2.45) is 0 Å². The zero-order valence-corrected chi connectivity index (χ0v) is 50.0. The van der Waals surface area contributed by atoms with E-state index in [1.807, 2.05) is 104 Å². The third kappa shape index (κ3) is 14.6. The van der Waals surface area contributed by atoms with Gasteiger partial charge in [-0.2, -0.15) is 0 Å². The number of phosphoric ester groups is 1. The Kier molecular flexibility index (Phi) is 19.3. The van der Waals surface area contributed by atoms with Gasteiger partial charge in [0.25, 0.3) is 0 Å². The van der Waals surface area contributed by atoms with E-state index in [0.29, 0.717) is 120 Å². The second-order valence-electron chi connectivity index (χ2n) is 20.0. The van der Waals surface area contributed by atoms with E-state index in [1.165, 1.54) is 29.8 Å². The molecule has 1 aliphatic rings. The largest absolute Gasteiger partial charge is 0.497 e. The number of likely N-dealkylation sites (N-methyl/N-ethyl adjacent to an activating group) is 1. The van der Waals surface area contributed by atoms with Crippen molar-refractivity contribution in [3.63, 3.8) is 0 Å². The van der Waals surface area contributed by atoms with Crippen LogP contribution in [0.2, 0.25) is 5.02 Å². The molecule has 17 nitrogen and oxygen atoms in total. The number of halogens is 3. The highest BCUT2D eigenvalue weighted by Gasteiger charge is 2.41. The number of fused-ring (bicyclic) bond motifs is 1. The van der Waals surface area contributed by atoms with Crippen molar-refractivity contribution in [2.45, 2.75) is 38.4 Å². The van der Waals surface area contributed by atoms with Crippen LogP contribution in [0.25, 0.3) is 43.2 Å². The second-order valence-corrected chi connectivity index (χ2v) is 23.4. The van der Waals surface area contributed by atoms with Crippen LogP contribution in [0.15, 0.2) is 163 Å². The maximum atomic E-state index is 14.6. The first-order valence-electron chi connectivity index (χ1n) is 26.8.